The summed E-state index contributed by atoms with van der Waals surface area (Å²) in [5, 5.41) is 20.8. The number of rotatable bonds is 1. The molecule has 2 nitrogen and oxygen atoms in total. The summed E-state index contributed by atoms with van der Waals surface area (Å²) < 4.78 is 0. The normalized spacial score (nSPS) is 47.6. The van der Waals surface area contributed by atoms with Crippen molar-refractivity contribution in [2.45, 2.75) is 77.4 Å². The molecule has 17 heavy (non-hydrogen) atoms. The van der Waals surface area contributed by atoms with E-state index in [2.05, 4.69) is 6.92 Å². The fourth-order valence-electron chi connectivity index (χ4n) is 4.33. The molecule has 0 aromatic carbocycles. The molecule has 0 unspecified atom stereocenters. The molecule has 2 aliphatic carbocycles. The zero-order valence-corrected chi connectivity index (χ0v) is 11.8. The maximum absolute atomic E-state index is 10.6. The molecule has 2 rings (SSSR count). The molecule has 4 atom stereocenters. The fourth-order valence-corrected chi connectivity index (χ4v) is 4.33. The van der Waals surface area contributed by atoms with E-state index in [0.717, 1.165) is 32.1 Å². The molecule has 100 valence electrons. The van der Waals surface area contributed by atoms with Gasteiger partial charge in [0.1, 0.15) is 0 Å². The van der Waals surface area contributed by atoms with Gasteiger partial charge in [-0.15, -0.1) is 0 Å². The molecule has 2 N–H and O–H groups in total. The average molecular weight is 240 g/mol. The molecular weight excluding hydrogens is 212 g/mol. The summed E-state index contributed by atoms with van der Waals surface area (Å²) in [4.78, 5) is 0. The van der Waals surface area contributed by atoms with E-state index in [4.69, 9.17) is 0 Å². The Morgan fingerprint density at radius 1 is 1.12 bits per heavy atom. The Bertz CT molecular complexity index is 290. The van der Waals surface area contributed by atoms with Gasteiger partial charge < -0.3 is 10.2 Å². The highest BCUT2D eigenvalue weighted by Crippen LogP contribution is 2.56. The van der Waals surface area contributed by atoms with Crippen molar-refractivity contribution in [3.63, 3.8) is 0 Å². The van der Waals surface area contributed by atoms with Gasteiger partial charge in [-0.25, -0.2) is 0 Å². The zero-order chi connectivity index (χ0) is 12.9. The quantitative estimate of drug-likeness (QED) is 0.739. The van der Waals surface area contributed by atoms with Gasteiger partial charge in [-0.2, -0.15) is 0 Å². The van der Waals surface area contributed by atoms with E-state index in [1.165, 1.54) is 6.42 Å². The molecule has 2 saturated carbocycles. The van der Waals surface area contributed by atoms with Gasteiger partial charge in [0.2, 0.25) is 0 Å². The molecule has 2 aliphatic rings. The number of hydrogen-bond acceptors (Lipinski definition) is 2. The van der Waals surface area contributed by atoms with Crippen LogP contribution in [0.3, 0.4) is 0 Å². The minimum absolute atomic E-state index is 0.295. The van der Waals surface area contributed by atoms with Crippen molar-refractivity contribution in [1.29, 1.82) is 0 Å². The van der Waals surface area contributed by atoms with Crippen molar-refractivity contribution < 1.29 is 10.2 Å². The van der Waals surface area contributed by atoms with E-state index in [1.54, 1.807) is 0 Å². The van der Waals surface area contributed by atoms with Crippen molar-refractivity contribution in [1.82, 2.24) is 0 Å². The third-order valence-corrected chi connectivity index (χ3v) is 5.61. The maximum Gasteiger partial charge on any atom is 0.0653 e. The number of hydrogen-bond donors (Lipinski definition) is 2. The lowest BCUT2D eigenvalue weighted by atomic mass is 9.52. The highest BCUT2D eigenvalue weighted by atomic mass is 16.3. The lowest BCUT2D eigenvalue weighted by molar-refractivity contribution is -0.143. The summed E-state index contributed by atoms with van der Waals surface area (Å²) in [5.74, 6) is 0.694. The van der Waals surface area contributed by atoms with Gasteiger partial charge in [0, 0.05) is 0 Å². The summed E-state index contributed by atoms with van der Waals surface area (Å²) in [6.07, 6.45) is 6.55. The Kier molecular flexibility index (Phi) is 3.11. The van der Waals surface area contributed by atoms with E-state index < -0.39 is 11.2 Å². The van der Waals surface area contributed by atoms with Crippen LogP contribution in [0.4, 0.5) is 0 Å². The minimum atomic E-state index is -0.602. The molecule has 0 radical (unpaired) electrons. The zero-order valence-electron chi connectivity index (χ0n) is 11.8. The van der Waals surface area contributed by atoms with Crippen molar-refractivity contribution in [2.24, 2.45) is 17.3 Å². The van der Waals surface area contributed by atoms with Gasteiger partial charge in [-0.1, -0.05) is 13.3 Å². The van der Waals surface area contributed by atoms with Crippen LogP contribution in [0.5, 0.6) is 0 Å². The smallest absolute Gasteiger partial charge is 0.0653 e. The van der Waals surface area contributed by atoms with Gasteiger partial charge in [-0.3, -0.25) is 0 Å². The average Bonchev–Trinajstić information content (AvgIpc) is 2.14. The molecule has 2 heteroatoms. The van der Waals surface area contributed by atoms with Gasteiger partial charge in [-0.05, 0) is 70.1 Å². The molecule has 0 heterocycles. The largest absolute Gasteiger partial charge is 0.390 e. The Hall–Kier alpha value is -0.0800. The first-order valence-electron chi connectivity index (χ1n) is 7.10. The summed E-state index contributed by atoms with van der Waals surface area (Å²) in [6, 6.07) is 0. The lowest BCUT2D eigenvalue weighted by Gasteiger charge is -2.55. The van der Waals surface area contributed by atoms with Crippen LogP contribution < -0.4 is 0 Å². The molecule has 0 spiro atoms. The Labute approximate surface area is 105 Å². The fraction of sp³-hybridized carbons (Fsp3) is 1.00. The first-order valence-corrected chi connectivity index (χ1v) is 7.10. The monoisotopic (exact) mass is 240 g/mol. The summed E-state index contributed by atoms with van der Waals surface area (Å²) >= 11 is 0. The van der Waals surface area contributed by atoms with E-state index in [-0.39, 0.29) is 0 Å². The Balaban J connectivity index is 2.20. The SMILES string of the molecule is CC(C)(O)[C@H]1CC[C@]2(C)CCC[C@@](C)(O)[C@@H]2C1. The summed E-state index contributed by atoms with van der Waals surface area (Å²) in [7, 11) is 0. The molecule has 0 amide bonds. The molecule has 0 aromatic heterocycles. The Morgan fingerprint density at radius 3 is 2.35 bits per heavy atom. The Morgan fingerprint density at radius 2 is 1.76 bits per heavy atom. The number of fused-ring (bicyclic) bond motifs is 1. The van der Waals surface area contributed by atoms with Gasteiger partial charge in [0.15, 0.2) is 0 Å². The number of aliphatic hydroxyl groups is 2. The maximum atomic E-state index is 10.6. The first kappa shape index (κ1) is 13.4. The van der Waals surface area contributed by atoms with Gasteiger partial charge >= 0.3 is 0 Å². The van der Waals surface area contributed by atoms with Crippen LogP contribution in [-0.4, -0.2) is 21.4 Å². The van der Waals surface area contributed by atoms with E-state index >= 15 is 0 Å². The van der Waals surface area contributed by atoms with Crippen LogP contribution in [0.2, 0.25) is 0 Å². The molecule has 0 aromatic rings. The highest BCUT2D eigenvalue weighted by molar-refractivity contribution is 5.03. The van der Waals surface area contributed by atoms with E-state index in [0.29, 0.717) is 17.3 Å². The van der Waals surface area contributed by atoms with Crippen molar-refractivity contribution in [3.05, 3.63) is 0 Å². The first-order chi connectivity index (χ1) is 7.65. The minimum Gasteiger partial charge on any atom is -0.390 e. The van der Waals surface area contributed by atoms with Crippen molar-refractivity contribution in [3.8, 4) is 0 Å². The second kappa shape index (κ2) is 3.96. The third-order valence-electron chi connectivity index (χ3n) is 5.61. The lowest BCUT2D eigenvalue weighted by Crippen LogP contribution is -2.53. The van der Waals surface area contributed by atoms with Crippen LogP contribution in [0.1, 0.15) is 66.2 Å². The topological polar surface area (TPSA) is 40.5 Å². The molecule has 0 bridgehead atoms. The predicted octanol–water partition coefficient (Wildman–Crippen LogP) is 3.11. The van der Waals surface area contributed by atoms with Gasteiger partial charge in [0.05, 0.1) is 11.2 Å². The third kappa shape index (κ3) is 2.39. The van der Waals surface area contributed by atoms with E-state index in [1.807, 2.05) is 20.8 Å². The predicted molar refractivity (Wildman–Crippen MR) is 69.7 cm³/mol. The molecule has 2 fully saturated rings. The van der Waals surface area contributed by atoms with Gasteiger partial charge in [0.25, 0.3) is 0 Å². The van der Waals surface area contributed by atoms with Crippen molar-refractivity contribution >= 4 is 0 Å². The summed E-state index contributed by atoms with van der Waals surface area (Å²) in [6.45, 7) is 8.17. The van der Waals surface area contributed by atoms with E-state index in [9.17, 15) is 10.2 Å². The molecule has 0 aliphatic heterocycles. The second-order valence-corrected chi connectivity index (χ2v) is 7.54. The molecular formula is C15H28O2. The van der Waals surface area contributed by atoms with Crippen molar-refractivity contribution in [2.75, 3.05) is 0 Å². The second-order valence-electron chi connectivity index (χ2n) is 7.54. The van der Waals surface area contributed by atoms with Crippen LogP contribution >= 0.6 is 0 Å². The van der Waals surface area contributed by atoms with Crippen LogP contribution in [0.25, 0.3) is 0 Å². The van der Waals surface area contributed by atoms with Crippen LogP contribution in [0, 0.1) is 17.3 Å². The standard InChI is InChI=1S/C15H28O2/c1-13(2,16)11-6-9-14(3)7-5-8-15(4,17)12(14)10-11/h11-12,16-17H,5-10H2,1-4H3/t11-,12+,14-,15+/m0/s1. The highest BCUT2D eigenvalue weighted by Gasteiger charge is 2.52. The van der Waals surface area contributed by atoms with Crippen LogP contribution in [-0.2, 0) is 0 Å². The summed E-state index contributed by atoms with van der Waals surface area (Å²) in [5.41, 5.74) is -0.838. The molecule has 0 saturated heterocycles. The van der Waals surface area contributed by atoms with Crippen LogP contribution in [0.15, 0.2) is 0 Å².